The molecule has 4 fully saturated rings. The first-order chi connectivity index (χ1) is 9.02. The van der Waals surface area contributed by atoms with Crippen molar-refractivity contribution in [1.29, 1.82) is 0 Å². The van der Waals surface area contributed by atoms with Gasteiger partial charge in [0.15, 0.2) is 0 Å². The van der Waals surface area contributed by atoms with E-state index in [1.54, 1.807) is 6.92 Å². The zero-order valence-corrected chi connectivity index (χ0v) is 11.4. The molecule has 4 N–H and O–H groups in total. The molecule has 0 aromatic rings. The van der Waals surface area contributed by atoms with Crippen molar-refractivity contribution < 1.29 is 9.59 Å². The number of nitrogens with two attached hydrogens (primary N) is 1. The second kappa shape index (κ2) is 4.47. The Kier molecular flexibility index (Phi) is 3.04. The minimum absolute atomic E-state index is 0.0719. The lowest BCUT2D eigenvalue weighted by molar-refractivity contribution is -0.148. The van der Waals surface area contributed by atoms with E-state index < -0.39 is 6.04 Å². The molecule has 0 radical (unpaired) electrons. The molecular weight excluding hydrogens is 242 g/mol. The van der Waals surface area contributed by atoms with Gasteiger partial charge in [0.1, 0.15) is 6.04 Å². The van der Waals surface area contributed by atoms with Gasteiger partial charge in [-0.1, -0.05) is 0 Å². The molecule has 0 aliphatic heterocycles. The maximum atomic E-state index is 12.6. The van der Waals surface area contributed by atoms with Gasteiger partial charge in [0, 0.05) is 5.41 Å². The highest BCUT2D eigenvalue weighted by atomic mass is 16.2. The molecule has 4 rings (SSSR count). The summed E-state index contributed by atoms with van der Waals surface area (Å²) in [6, 6.07) is -0.550. The SMILES string of the molecule is C[C@@H](NC(=O)C12CC3CC(CC(C3)C1)C2)C(=O)NN. The Morgan fingerprint density at radius 3 is 2.00 bits per heavy atom. The van der Waals surface area contributed by atoms with Crippen molar-refractivity contribution in [1.82, 2.24) is 10.7 Å². The second-order valence-electron chi connectivity index (χ2n) is 6.90. The maximum absolute atomic E-state index is 12.6. The predicted molar refractivity (Wildman–Crippen MR) is 70.5 cm³/mol. The Hall–Kier alpha value is -1.10. The highest BCUT2D eigenvalue weighted by molar-refractivity contribution is 5.89. The van der Waals surface area contributed by atoms with Gasteiger partial charge >= 0.3 is 0 Å². The minimum Gasteiger partial charge on any atom is -0.344 e. The van der Waals surface area contributed by atoms with Crippen molar-refractivity contribution in [3.8, 4) is 0 Å². The van der Waals surface area contributed by atoms with Crippen LogP contribution >= 0.6 is 0 Å². The van der Waals surface area contributed by atoms with E-state index in [1.165, 1.54) is 19.3 Å². The van der Waals surface area contributed by atoms with Crippen LogP contribution in [0.2, 0.25) is 0 Å². The normalized spacial score (nSPS) is 40.8. The smallest absolute Gasteiger partial charge is 0.256 e. The molecule has 4 aliphatic rings. The lowest BCUT2D eigenvalue weighted by Gasteiger charge is -2.55. The molecule has 0 aromatic heterocycles. The molecular formula is C14H23N3O2. The highest BCUT2D eigenvalue weighted by Crippen LogP contribution is 2.60. The average molecular weight is 265 g/mol. The summed E-state index contributed by atoms with van der Waals surface area (Å²) in [6.45, 7) is 1.68. The summed E-state index contributed by atoms with van der Waals surface area (Å²) in [5.41, 5.74) is 1.89. The van der Waals surface area contributed by atoms with E-state index in [0.29, 0.717) is 0 Å². The van der Waals surface area contributed by atoms with Gasteiger partial charge in [-0.05, 0) is 63.2 Å². The van der Waals surface area contributed by atoms with E-state index in [0.717, 1.165) is 37.0 Å². The van der Waals surface area contributed by atoms with Gasteiger partial charge in [-0.25, -0.2) is 5.84 Å². The second-order valence-corrected chi connectivity index (χ2v) is 6.90. The molecule has 106 valence electrons. The summed E-state index contributed by atoms with van der Waals surface area (Å²) in [5.74, 6) is 7.04. The Morgan fingerprint density at radius 1 is 1.11 bits per heavy atom. The standard InChI is InChI=1S/C14H23N3O2/c1-8(12(18)17-15)16-13(19)14-5-9-2-10(6-14)4-11(3-9)7-14/h8-11H,2-7,15H2,1H3,(H,16,19)(H,17,18)/t8-,9?,10?,11?,14?/m1/s1. The Labute approximate surface area is 113 Å². The first-order valence-electron chi connectivity index (χ1n) is 7.34. The van der Waals surface area contributed by atoms with Gasteiger partial charge in [0.05, 0.1) is 0 Å². The summed E-state index contributed by atoms with van der Waals surface area (Å²) in [6.07, 6.45) is 6.98. The van der Waals surface area contributed by atoms with E-state index in [1.807, 2.05) is 0 Å². The summed E-state index contributed by atoms with van der Waals surface area (Å²) in [5, 5.41) is 2.86. The monoisotopic (exact) mass is 265 g/mol. The summed E-state index contributed by atoms with van der Waals surface area (Å²) < 4.78 is 0. The fourth-order valence-corrected chi connectivity index (χ4v) is 4.93. The van der Waals surface area contributed by atoms with Crippen LogP contribution in [0.15, 0.2) is 0 Å². The maximum Gasteiger partial charge on any atom is 0.256 e. The largest absolute Gasteiger partial charge is 0.344 e. The van der Waals surface area contributed by atoms with Crippen LogP contribution in [0.5, 0.6) is 0 Å². The quantitative estimate of drug-likeness (QED) is 0.399. The Morgan fingerprint density at radius 2 is 1.58 bits per heavy atom. The van der Waals surface area contributed by atoms with Crippen LogP contribution < -0.4 is 16.6 Å². The molecule has 19 heavy (non-hydrogen) atoms. The molecule has 1 atom stereocenters. The van der Waals surface area contributed by atoms with Crippen molar-refractivity contribution in [2.24, 2.45) is 29.0 Å². The van der Waals surface area contributed by atoms with Crippen LogP contribution in [0, 0.1) is 23.2 Å². The third kappa shape index (κ3) is 2.14. The molecule has 0 aromatic carbocycles. The van der Waals surface area contributed by atoms with Crippen LogP contribution in [0.3, 0.4) is 0 Å². The molecule has 2 amide bonds. The van der Waals surface area contributed by atoms with Gasteiger partial charge in [-0.15, -0.1) is 0 Å². The number of carbonyl (C=O) groups excluding carboxylic acids is 2. The number of nitrogens with one attached hydrogen (secondary N) is 2. The Balaban J connectivity index is 1.71. The fraction of sp³-hybridized carbons (Fsp3) is 0.857. The molecule has 4 saturated carbocycles. The molecule has 0 unspecified atom stereocenters. The zero-order valence-electron chi connectivity index (χ0n) is 11.4. The van der Waals surface area contributed by atoms with E-state index in [4.69, 9.17) is 5.84 Å². The van der Waals surface area contributed by atoms with Crippen molar-refractivity contribution in [2.45, 2.75) is 51.5 Å². The number of hydrazine groups is 1. The lowest BCUT2D eigenvalue weighted by Crippen LogP contribution is -2.57. The summed E-state index contributed by atoms with van der Waals surface area (Å²) in [7, 11) is 0. The molecule has 0 spiro atoms. The first-order valence-corrected chi connectivity index (χ1v) is 7.34. The van der Waals surface area contributed by atoms with Gasteiger partial charge in [0.25, 0.3) is 5.91 Å². The van der Waals surface area contributed by atoms with Crippen LogP contribution in [-0.4, -0.2) is 17.9 Å². The van der Waals surface area contributed by atoms with E-state index >= 15 is 0 Å². The number of carbonyl (C=O) groups is 2. The lowest BCUT2D eigenvalue weighted by atomic mass is 9.49. The molecule has 4 aliphatic carbocycles. The molecule has 5 nitrogen and oxygen atoms in total. The average Bonchev–Trinajstić information content (AvgIpc) is 2.36. The summed E-state index contributed by atoms with van der Waals surface area (Å²) >= 11 is 0. The van der Waals surface area contributed by atoms with Gasteiger partial charge < -0.3 is 5.32 Å². The van der Waals surface area contributed by atoms with Gasteiger partial charge in [-0.3, -0.25) is 15.0 Å². The van der Waals surface area contributed by atoms with E-state index in [2.05, 4.69) is 10.7 Å². The molecule has 0 saturated heterocycles. The third-order valence-corrected chi connectivity index (χ3v) is 5.40. The first kappa shape index (κ1) is 12.9. The number of amides is 2. The molecule has 5 heteroatoms. The number of hydrogen-bond donors (Lipinski definition) is 3. The van der Waals surface area contributed by atoms with Gasteiger partial charge in [-0.2, -0.15) is 0 Å². The van der Waals surface area contributed by atoms with Crippen molar-refractivity contribution in [2.75, 3.05) is 0 Å². The van der Waals surface area contributed by atoms with Crippen LogP contribution in [-0.2, 0) is 9.59 Å². The van der Waals surface area contributed by atoms with Crippen molar-refractivity contribution >= 4 is 11.8 Å². The van der Waals surface area contributed by atoms with Gasteiger partial charge in [0.2, 0.25) is 5.91 Å². The number of hydrogen-bond acceptors (Lipinski definition) is 3. The molecule has 4 bridgehead atoms. The van der Waals surface area contributed by atoms with Crippen LogP contribution in [0.1, 0.15) is 45.4 Å². The fourth-order valence-electron chi connectivity index (χ4n) is 4.93. The van der Waals surface area contributed by atoms with Crippen molar-refractivity contribution in [3.63, 3.8) is 0 Å². The van der Waals surface area contributed by atoms with E-state index in [-0.39, 0.29) is 17.2 Å². The van der Waals surface area contributed by atoms with Crippen LogP contribution in [0.4, 0.5) is 0 Å². The predicted octanol–water partition coefficient (Wildman–Crippen LogP) is 0.697. The van der Waals surface area contributed by atoms with E-state index in [9.17, 15) is 9.59 Å². The summed E-state index contributed by atoms with van der Waals surface area (Å²) in [4.78, 5) is 24.0. The Bertz CT molecular complexity index is 372. The number of rotatable bonds is 3. The zero-order chi connectivity index (χ0) is 13.6. The van der Waals surface area contributed by atoms with Crippen LogP contribution in [0.25, 0.3) is 0 Å². The molecule has 0 heterocycles. The third-order valence-electron chi connectivity index (χ3n) is 5.40. The highest BCUT2D eigenvalue weighted by Gasteiger charge is 2.54. The topological polar surface area (TPSA) is 84.2 Å². The minimum atomic E-state index is -0.550. The van der Waals surface area contributed by atoms with Crippen molar-refractivity contribution in [3.05, 3.63) is 0 Å².